The third kappa shape index (κ3) is 5.35. The van der Waals surface area contributed by atoms with Gasteiger partial charge in [-0.1, -0.05) is 69.3 Å². The van der Waals surface area contributed by atoms with Crippen LogP contribution < -0.4 is 10.6 Å². The van der Waals surface area contributed by atoms with E-state index in [1.54, 1.807) is 13.8 Å². The maximum absolute atomic E-state index is 12.8. The lowest BCUT2D eigenvalue weighted by atomic mass is 9.88. The molecule has 3 atom stereocenters. The molecule has 0 spiro atoms. The van der Waals surface area contributed by atoms with Crippen molar-refractivity contribution in [1.29, 1.82) is 0 Å². The van der Waals surface area contributed by atoms with Crippen LogP contribution in [0.2, 0.25) is 0 Å². The van der Waals surface area contributed by atoms with Crippen molar-refractivity contribution in [2.45, 2.75) is 52.1 Å². The maximum atomic E-state index is 12.8. The Hall–Kier alpha value is -3.35. The van der Waals surface area contributed by atoms with Gasteiger partial charge in [0.1, 0.15) is 12.6 Å². The number of carboxylic acids is 1. The molecule has 0 heterocycles. The summed E-state index contributed by atoms with van der Waals surface area (Å²) < 4.78 is 5.58. The van der Waals surface area contributed by atoms with Gasteiger partial charge in [-0.15, -0.1) is 0 Å². The molecule has 0 saturated carbocycles. The van der Waals surface area contributed by atoms with E-state index in [1.165, 1.54) is 0 Å². The second kappa shape index (κ2) is 10.5. The Kier molecular flexibility index (Phi) is 7.74. The highest BCUT2D eigenvalue weighted by Gasteiger charge is 2.33. The molecule has 2 amide bonds. The third-order valence-electron chi connectivity index (χ3n) is 6.27. The van der Waals surface area contributed by atoms with E-state index in [1.807, 2.05) is 38.1 Å². The minimum absolute atomic E-state index is 0.0523. The van der Waals surface area contributed by atoms with Crippen LogP contribution in [-0.4, -0.2) is 41.8 Å². The van der Waals surface area contributed by atoms with Crippen molar-refractivity contribution in [2.75, 3.05) is 6.61 Å². The Morgan fingerprint density at radius 1 is 0.939 bits per heavy atom. The zero-order valence-corrected chi connectivity index (χ0v) is 19.5. The molecule has 0 radical (unpaired) electrons. The fourth-order valence-corrected chi connectivity index (χ4v) is 4.63. The van der Waals surface area contributed by atoms with Gasteiger partial charge in [0.2, 0.25) is 5.91 Å². The zero-order chi connectivity index (χ0) is 24.1. The largest absolute Gasteiger partial charge is 0.480 e. The summed E-state index contributed by atoms with van der Waals surface area (Å²) >= 11 is 0. The first kappa shape index (κ1) is 24.3. The Bertz CT molecular complexity index is 974. The number of rotatable bonds is 9. The molecular formula is C26H32N2O5. The number of carbonyl (C=O) groups excluding carboxylic acids is 2. The number of alkyl carbamates (subject to hydrolysis) is 1. The highest BCUT2D eigenvalue weighted by Crippen LogP contribution is 2.44. The molecule has 2 aromatic carbocycles. The van der Waals surface area contributed by atoms with Crippen LogP contribution in [0, 0.1) is 11.8 Å². The number of hydrogen-bond donors (Lipinski definition) is 3. The summed E-state index contributed by atoms with van der Waals surface area (Å²) in [5.74, 6) is -2.24. The lowest BCUT2D eigenvalue weighted by Crippen LogP contribution is -2.51. The van der Waals surface area contributed by atoms with Gasteiger partial charge in [0.15, 0.2) is 0 Å². The van der Waals surface area contributed by atoms with E-state index in [2.05, 4.69) is 34.9 Å². The lowest BCUT2D eigenvalue weighted by Gasteiger charge is -2.28. The highest BCUT2D eigenvalue weighted by atomic mass is 16.5. The standard InChI is InChI=1S/C26H32N2O5/c1-5-22(25(30)31)28-24(29)23(15(2)3)16(4)27-26(32)33-14-21-19-12-8-6-10-17(19)18-11-7-9-13-20(18)21/h6-13,15-16,21-23H,5,14H2,1-4H3,(H,27,32)(H,28,29)(H,30,31)/t16?,22-,23?/m0/s1. The average molecular weight is 453 g/mol. The van der Waals surface area contributed by atoms with Gasteiger partial charge in [-0.3, -0.25) is 4.79 Å². The molecule has 3 rings (SSSR count). The van der Waals surface area contributed by atoms with E-state index in [9.17, 15) is 19.5 Å². The van der Waals surface area contributed by atoms with E-state index in [0.717, 1.165) is 22.3 Å². The summed E-state index contributed by atoms with van der Waals surface area (Å²) in [6, 6.07) is 14.7. The van der Waals surface area contributed by atoms with Crippen LogP contribution >= 0.6 is 0 Å². The topological polar surface area (TPSA) is 105 Å². The summed E-state index contributed by atoms with van der Waals surface area (Å²) in [6.45, 7) is 7.33. The molecule has 0 aromatic heterocycles. The summed E-state index contributed by atoms with van der Waals surface area (Å²) in [5.41, 5.74) is 4.54. The van der Waals surface area contributed by atoms with Gasteiger partial charge >= 0.3 is 12.1 Å². The van der Waals surface area contributed by atoms with Gasteiger partial charge in [0, 0.05) is 12.0 Å². The molecular weight excluding hydrogens is 420 g/mol. The zero-order valence-electron chi connectivity index (χ0n) is 19.5. The number of carbonyl (C=O) groups is 3. The molecule has 1 aliphatic carbocycles. The van der Waals surface area contributed by atoms with Gasteiger partial charge in [0.05, 0.1) is 5.92 Å². The third-order valence-corrected chi connectivity index (χ3v) is 6.27. The smallest absolute Gasteiger partial charge is 0.407 e. The predicted octanol–water partition coefficient (Wildman–Crippen LogP) is 4.17. The van der Waals surface area contributed by atoms with Crippen molar-refractivity contribution in [2.24, 2.45) is 11.8 Å². The Morgan fingerprint density at radius 3 is 1.97 bits per heavy atom. The van der Waals surface area contributed by atoms with E-state index in [0.29, 0.717) is 0 Å². The van der Waals surface area contributed by atoms with E-state index >= 15 is 0 Å². The second-order valence-electron chi connectivity index (χ2n) is 8.84. The van der Waals surface area contributed by atoms with Gasteiger partial charge in [-0.2, -0.15) is 0 Å². The van der Waals surface area contributed by atoms with Crippen molar-refractivity contribution in [3.63, 3.8) is 0 Å². The van der Waals surface area contributed by atoms with Gasteiger partial charge in [-0.05, 0) is 41.5 Å². The fraction of sp³-hybridized carbons (Fsp3) is 0.423. The molecule has 7 heteroatoms. The Morgan fingerprint density at radius 2 is 1.48 bits per heavy atom. The Balaban J connectivity index is 1.64. The first-order valence-corrected chi connectivity index (χ1v) is 11.4. The molecule has 33 heavy (non-hydrogen) atoms. The second-order valence-corrected chi connectivity index (χ2v) is 8.84. The quantitative estimate of drug-likeness (QED) is 0.530. The number of aliphatic carboxylic acids is 1. The molecule has 176 valence electrons. The van der Waals surface area contributed by atoms with Crippen LogP contribution in [0.5, 0.6) is 0 Å². The molecule has 7 nitrogen and oxygen atoms in total. The first-order valence-electron chi connectivity index (χ1n) is 11.4. The molecule has 0 saturated heterocycles. The summed E-state index contributed by atoms with van der Waals surface area (Å²) in [4.78, 5) is 36.7. The summed E-state index contributed by atoms with van der Waals surface area (Å²) in [6.07, 6.45) is -0.326. The van der Waals surface area contributed by atoms with Gasteiger partial charge < -0.3 is 20.5 Å². The lowest BCUT2D eigenvalue weighted by molar-refractivity contribution is -0.143. The van der Waals surface area contributed by atoms with Crippen LogP contribution in [0.15, 0.2) is 48.5 Å². The van der Waals surface area contributed by atoms with Crippen molar-refractivity contribution in [3.05, 3.63) is 59.7 Å². The number of amides is 2. The fourth-order valence-electron chi connectivity index (χ4n) is 4.63. The summed E-state index contributed by atoms with van der Waals surface area (Å²) in [7, 11) is 0. The normalized spacial score (nSPS) is 15.2. The number of benzene rings is 2. The van der Waals surface area contributed by atoms with Crippen LogP contribution in [0.3, 0.4) is 0 Å². The average Bonchev–Trinajstić information content (AvgIpc) is 3.09. The predicted molar refractivity (Wildman–Crippen MR) is 126 cm³/mol. The number of hydrogen-bond acceptors (Lipinski definition) is 4. The molecule has 0 aliphatic heterocycles. The highest BCUT2D eigenvalue weighted by molar-refractivity contribution is 5.86. The Labute approximate surface area is 194 Å². The molecule has 0 bridgehead atoms. The molecule has 2 unspecified atom stereocenters. The van der Waals surface area contributed by atoms with Crippen LogP contribution in [0.4, 0.5) is 4.79 Å². The van der Waals surface area contributed by atoms with Crippen LogP contribution in [0.1, 0.15) is 51.2 Å². The van der Waals surface area contributed by atoms with Crippen molar-refractivity contribution >= 4 is 18.0 Å². The number of ether oxygens (including phenoxy) is 1. The molecule has 0 fully saturated rings. The van der Waals surface area contributed by atoms with E-state index in [4.69, 9.17) is 4.74 Å². The summed E-state index contributed by atoms with van der Waals surface area (Å²) in [5, 5.41) is 14.6. The van der Waals surface area contributed by atoms with Crippen LogP contribution in [-0.2, 0) is 14.3 Å². The SMILES string of the molecule is CC[C@H](NC(=O)C(C(C)C)C(C)NC(=O)OCC1c2ccccc2-c2ccccc21)C(=O)O. The first-order chi connectivity index (χ1) is 15.7. The minimum Gasteiger partial charge on any atom is -0.480 e. The van der Waals surface area contributed by atoms with Gasteiger partial charge in [0.25, 0.3) is 0 Å². The molecule has 2 aromatic rings. The number of nitrogens with one attached hydrogen (secondary N) is 2. The molecule has 3 N–H and O–H groups in total. The molecule has 1 aliphatic rings. The van der Waals surface area contributed by atoms with E-state index in [-0.39, 0.29) is 24.9 Å². The van der Waals surface area contributed by atoms with Crippen molar-refractivity contribution in [1.82, 2.24) is 10.6 Å². The van der Waals surface area contributed by atoms with E-state index < -0.39 is 36.0 Å². The number of fused-ring (bicyclic) bond motifs is 3. The maximum Gasteiger partial charge on any atom is 0.407 e. The number of carboxylic acid groups (broad SMARTS) is 1. The van der Waals surface area contributed by atoms with Crippen LogP contribution in [0.25, 0.3) is 11.1 Å². The van der Waals surface area contributed by atoms with Gasteiger partial charge in [-0.25, -0.2) is 9.59 Å². The van der Waals surface area contributed by atoms with Crippen molar-refractivity contribution < 1.29 is 24.2 Å². The minimum atomic E-state index is -1.08. The van der Waals surface area contributed by atoms with Crippen molar-refractivity contribution in [3.8, 4) is 11.1 Å². The monoisotopic (exact) mass is 452 g/mol.